The monoisotopic (exact) mass is 418 g/mol. The molecular weight excluding hydrogens is 392 g/mol. The van der Waals surface area contributed by atoms with Gasteiger partial charge in [0.05, 0.1) is 5.25 Å². The zero-order valence-corrected chi connectivity index (χ0v) is 18.5. The zero-order chi connectivity index (χ0) is 21.7. The summed E-state index contributed by atoms with van der Waals surface area (Å²) in [6.45, 7) is 7.83. The first-order valence-electron chi connectivity index (χ1n) is 9.84. The first kappa shape index (κ1) is 21.7. The van der Waals surface area contributed by atoms with Crippen molar-refractivity contribution >= 4 is 35.0 Å². The minimum atomic E-state index is -0.252. The van der Waals surface area contributed by atoms with Crippen LogP contribution in [0.1, 0.15) is 34.0 Å². The predicted molar refractivity (Wildman–Crippen MR) is 125 cm³/mol. The van der Waals surface area contributed by atoms with E-state index in [-0.39, 0.29) is 17.1 Å². The van der Waals surface area contributed by atoms with E-state index < -0.39 is 0 Å². The van der Waals surface area contributed by atoms with Crippen LogP contribution in [0.5, 0.6) is 0 Å². The van der Waals surface area contributed by atoms with E-state index in [0.717, 1.165) is 33.0 Å². The molecule has 0 saturated heterocycles. The Morgan fingerprint density at radius 2 is 1.43 bits per heavy atom. The molecule has 154 valence electrons. The molecule has 30 heavy (non-hydrogen) atoms. The molecule has 3 rings (SSSR count). The third-order valence-electron chi connectivity index (χ3n) is 4.67. The Morgan fingerprint density at radius 3 is 2.07 bits per heavy atom. The number of rotatable bonds is 6. The summed E-state index contributed by atoms with van der Waals surface area (Å²) in [5.74, 6) is -0.170. The second-order valence-electron chi connectivity index (χ2n) is 7.42. The van der Waals surface area contributed by atoms with Crippen molar-refractivity contribution in [2.45, 2.75) is 37.8 Å². The van der Waals surface area contributed by atoms with Crippen LogP contribution in [0.25, 0.3) is 0 Å². The van der Waals surface area contributed by atoms with Crippen LogP contribution in [0.2, 0.25) is 0 Å². The number of carbonyl (C=O) groups is 2. The lowest BCUT2D eigenvalue weighted by molar-refractivity contribution is -0.115. The fourth-order valence-electron chi connectivity index (χ4n) is 3.19. The molecule has 0 aliphatic carbocycles. The molecule has 0 fully saturated rings. The molecule has 0 bridgehead atoms. The van der Waals surface area contributed by atoms with Gasteiger partial charge >= 0.3 is 0 Å². The highest BCUT2D eigenvalue weighted by Gasteiger charge is 2.15. The van der Waals surface area contributed by atoms with Crippen molar-refractivity contribution in [3.8, 4) is 0 Å². The molecule has 0 aliphatic rings. The van der Waals surface area contributed by atoms with Crippen molar-refractivity contribution in [2.75, 3.05) is 10.6 Å². The Morgan fingerprint density at radius 1 is 0.800 bits per heavy atom. The van der Waals surface area contributed by atoms with Crippen molar-refractivity contribution < 1.29 is 9.59 Å². The molecule has 0 spiro atoms. The summed E-state index contributed by atoms with van der Waals surface area (Å²) >= 11 is 1.48. The minimum Gasteiger partial charge on any atom is -0.325 e. The third-order valence-corrected chi connectivity index (χ3v) is 5.79. The van der Waals surface area contributed by atoms with Gasteiger partial charge in [0.1, 0.15) is 0 Å². The maximum absolute atomic E-state index is 12.6. The van der Waals surface area contributed by atoms with Crippen molar-refractivity contribution in [2.24, 2.45) is 0 Å². The SMILES string of the molecule is Cc1cc(C)cc(NC(=O)C(C)Sc2ccc(NC(=O)c3ccccc3C)cc2)c1. The molecule has 1 atom stereocenters. The Bertz CT molecular complexity index is 1040. The maximum atomic E-state index is 12.6. The number of thioether (sulfide) groups is 1. The molecule has 0 radical (unpaired) electrons. The second kappa shape index (κ2) is 9.63. The summed E-state index contributed by atoms with van der Waals surface area (Å²) < 4.78 is 0. The quantitative estimate of drug-likeness (QED) is 0.484. The van der Waals surface area contributed by atoms with Crippen LogP contribution in [-0.4, -0.2) is 17.1 Å². The van der Waals surface area contributed by atoms with Gasteiger partial charge in [0.2, 0.25) is 5.91 Å². The number of aryl methyl sites for hydroxylation is 3. The van der Waals surface area contributed by atoms with E-state index in [1.54, 1.807) is 0 Å². The van der Waals surface area contributed by atoms with Crippen molar-refractivity contribution in [1.82, 2.24) is 0 Å². The Hall–Kier alpha value is -3.05. The summed E-state index contributed by atoms with van der Waals surface area (Å²) in [4.78, 5) is 26.0. The van der Waals surface area contributed by atoms with Gasteiger partial charge < -0.3 is 10.6 Å². The molecule has 3 aromatic rings. The topological polar surface area (TPSA) is 58.2 Å². The van der Waals surface area contributed by atoms with E-state index in [9.17, 15) is 9.59 Å². The van der Waals surface area contributed by atoms with Gasteiger partial charge in [0, 0.05) is 21.8 Å². The highest BCUT2D eigenvalue weighted by molar-refractivity contribution is 8.00. The highest BCUT2D eigenvalue weighted by atomic mass is 32.2. The molecule has 2 amide bonds. The van der Waals surface area contributed by atoms with E-state index in [1.165, 1.54) is 11.8 Å². The standard InChI is InChI=1S/C25H26N2O2S/c1-16-13-17(2)15-21(14-16)27-24(28)19(4)30-22-11-9-20(10-12-22)26-25(29)23-8-6-5-7-18(23)3/h5-15,19H,1-4H3,(H,26,29)(H,27,28). The first-order valence-corrected chi connectivity index (χ1v) is 10.7. The molecule has 0 heterocycles. The molecule has 0 aromatic heterocycles. The Labute approximate surface area is 182 Å². The summed E-state index contributed by atoms with van der Waals surface area (Å²) in [6, 6.07) is 21.0. The molecule has 5 heteroatoms. The minimum absolute atomic E-state index is 0.0399. The summed E-state index contributed by atoms with van der Waals surface area (Å²) in [5, 5.41) is 5.65. The number of amides is 2. The van der Waals surface area contributed by atoms with Gasteiger partial charge in [-0.15, -0.1) is 11.8 Å². The van der Waals surface area contributed by atoms with Gasteiger partial charge in [-0.05, 0) is 86.8 Å². The molecule has 1 unspecified atom stereocenters. The first-order chi connectivity index (χ1) is 14.3. The van der Waals surface area contributed by atoms with Gasteiger partial charge in [0.15, 0.2) is 0 Å². The van der Waals surface area contributed by atoms with Crippen LogP contribution in [0, 0.1) is 20.8 Å². The molecular formula is C25H26N2O2S. The summed E-state index contributed by atoms with van der Waals surface area (Å²) in [7, 11) is 0. The van der Waals surface area contributed by atoms with Crippen molar-refractivity contribution in [3.63, 3.8) is 0 Å². The van der Waals surface area contributed by atoms with Gasteiger partial charge in [-0.1, -0.05) is 24.3 Å². The molecule has 2 N–H and O–H groups in total. The number of nitrogens with one attached hydrogen (secondary N) is 2. The van der Waals surface area contributed by atoms with Gasteiger partial charge in [-0.25, -0.2) is 0 Å². The van der Waals surface area contributed by atoms with Gasteiger partial charge in [-0.3, -0.25) is 9.59 Å². The largest absolute Gasteiger partial charge is 0.325 e. The lowest BCUT2D eigenvalue weighted by atomic mass is 10.1. The van der Waals surface area contributed by atoms with Gasteiger partial charge in [0.25, 0.3) is 5.91 Å². The summed E-state index contributed by atoms with van der Waals surface area (Å²) in [6.07, 6.45) is 0. The third kappa shape index (κ3) is 5.74. The van der Waals surface area contributed by atoms with Crippen LogP contribution >= 0.6 is 11.8 Å². The maximum Gasteiger partial charge on any atom is 0.255 e. The molecule has 4 nitrogen and oxygen atoms in total. The average Bonchev–Trinajstić information content (AvgIpc) is 2.69. The fourth-order valence-corrected chi connectivity index (χ4v) is 4.06. The number of hydrogen-bond acceptors (Lipinski definition) is 3. The zero-order valence-electron chi connectivity index (χ0n) is 17.7. The normalized spacial score (nSPS) is 11.6. The van der Waals surface area contributed by atoms with Gasteiger partial charge in [-0.2, -0.15) is 0 Å². The number of hydrogen-bond donors (Lipinski definition) is 2. The lowest BCUT2D eigenvalue weighted by Crippen LogP contribution is -2.22. The fraction of sp³-hybridized carbons (Fsp3) is 0.200. The number of carbonyl (C=O) groups excluding carboxylic acids is 2. The van der Waals surface area contributed by atoms with E-state index in [1.807, 2.05) is 88.4 Å². The number of benzene rings is 3. The molecule has 0 saturated carbocycles. The lowest BCUT2D eigenvalue weighted by Gasteiger charge is -2.13. The van der Waals surface area contributed by atoms with E-state index in [2.05, 4.69) is 16.7 Å². The Balaban J connectivity index is 1.58. The van der Waals surface area contributed by atoms with Crippen LogP contribution in [0.4, 0.5) is 11.4 Å². The van der Waals surface area contributed by atoms with Crippen LogP contribution in [0.3, 0.4) is 0 Å². The van der Waals surface area contributed by atoms with Crippen molar-refractivity contribution in [3.05, 3.63) is 89.0 Å². The average molecular weight is 419 g/mol. The van der Waals surface area contributed by atoms with Crippen LogP contribution < -0.4 is 10.6 Å². The van der Waals surface area contributed by atoms with E-state index in [4.69, 9.17) is 0 Å². The van der Waals surface area contributed by atoms with Crippen LogP contribution in [0.15, 0.2) is 71.6 Å². The Kier molecular flexibility index (Phi) is 6.95. The molecule has 0 aliphatic heterocycles. The van der Waals surface area contributed by atoms with E-state index >= 15 is 0 Å². The van der Waals surface area contributed by atoms with Crippen LogP contribution in [-0.2, 0) is 4.79 Å². The smallest absolute Gasteiger partial charge is 0.255 e. The summed E-state index contributed by atoms with van der Waals surface area (Å²) in [5.41, 5.74) is 5.38. The number of anilines is 2. The van der Waals surface area contributed by atoms with Crippen molar-refractivity contribution in [1.29, 1.82) is 0 Å². The molecule has 3 aromatic carbocycles. The highest BCUT2D eigenvalue weighted by Crippen LogP contribution is 2.26. The van der Waals surface area contributed by atoms with E-state index in [0.29, 0.717) is 5.56 Å². The predicted octanol–water partition coefficient (Wildman–Crippen LogP) is 5.98. The second-order valence-corrected chi connectivity index (χ2v) is 8.83.